The maximum absolute atomic E-state index is 14.7. The van der Waals surface area contributed by atoms with Crippen LogP contribution in [0.5, 0.6) is 63.2 Å². The van der Waals surface area contributed by atoms with Crippen LogP contribution in [0.15, 0.2) is 65.0 Å². The summed E-state index contributed by atoms with van der Waals surface area (Å²) in [5.41, 5.74) is -9.54. The molecule has 3 unspecified atom stereocenters. The van der Waals surface area contributed by atoms with Gasteiger partial charge in [0.25, 0.3) is 0 Å². The third kappa shape index (κ3) is 15.4. The zero-order valence-electron chi connectivity index (χ0n) is 53.8. The maximum atomic E-state index is 14.7. The predicted octanol–water partition coefficient (Wildman–Crippen LogP) is 6.45. The number of carbonyl (C=O) groups excluding carboxylic acids is 1. The van der Waals surface area contributed by atoms with Crippen molar-refractivity contribution in [2.45, 2.75) is 162 Å². The number of aliphatic carboxylic acids is 2. The Morgan fingerprint density at radius 3 is 1.58 bits per heavy atom. The van der Waals surface area contributed by atoms with Crippen LogP contribution in [0.2, 0.25) is 0 Å². The van der Waals surface area contributed by atoms with E-state index in [9.17, 15) is 147 Å². The molecule has 31 nitrogen and oxygen atoms in total. The minimum Gasteiger partial charge on any atom is -0.508 e. The number of phenols is 10. The summed E-state index contributed by atoms with van der Waals surface area (Å²) in [4.78, 5) is 67.1. The van der Waals surface area contributed by atoms with Crippen LogP contribution in [0.1, 0.15) is 173 Å². The Hall–Kier alpha value is -9.79. The number of benzene rings is 4. The van der Waals surface area contributed by atoms with Gasteiger partial charge in [-0.1, -0.05) is 95.2 Å². The Morgan fingerprint density at radius 1 is 0.526 bits per heavy atom. The smallest absolute Gasteiger partial charge is 0.336 e. The number of hydrogen-bond donors (Lipinski definition) is 24. The van der Waals surface area contributed by atoms with Gasteiger partial charge < -0.3 is 132 Å². The van der Waals surface area contributed by atoms with Crippen molar-refractivity contribution in [2.75, 3.05) is 6.61 Å². The average molecular weight is 1350 g/mol. The molecule has 0 spiro atoms. The Morgan fingerprint density at radius 2 is 1.06 bits per heavy atom. The van der Waals surface area contributed by atoms with Crippen molar-refractivity contribution in [1.29, 1.82) is 0 Å². The number of aromatic hydroxyl groups is 10. The van der Waals surface area contributed by atoms with E-state index in [0.29, 0.717) is 18.2 Å². The Kier molecular flexibility index (Phi) is 29.4. The van der Waals surface area contributed by atoms with Gasteiger partial charge in [0.2, 0.25) is 11.5 Å². The Labute approximate surface area is 543 Å². The van der Waals surface area contributed by atoms with E-state index in [4.69, 9.17) is 9.47 Å². The lowest BCUT2D eigenvalue weighted by atomic mass is 9.62. The molecule has 24 N–H and O–H groups in total. The molecule has 4 aromatic carbocycles. The molecule has 0 fully saturated rings. The van der Waals surface area contributed by atoms with Crippen LogP contribution < -0.4 is 4.74 Å². The molecular weight excluding hydrogens is 1260 g/mol. The van der Waals surface area contributed by atoms with Gasteiger partial charge >= 0.3 is 29.8 Å². The fourth-order valence-corrected chi connectivity index (χ4v) is 11.5. The van der Waals surface area contributed by atoms with E-state index in [0.717, 1.165) is 18.2 Å². The molecule has 4 aromatic rings. The topological polar surface area (TPSA) is 589 Å². The monoisotopic (exact) mass is 1350 g/mol. The highest BCUT2D eigenvalue weighted by Gasteiger charge is 2.57. The van der Waals surface area contributed by atoms with Crippen LogP contribution in [0, 0.1) is 17.8 Å². The number of aliphatic hydroxyl groups excluding tert-OH is 10. The Balaban J connectivity index is 0.00000242. The first-order valence-electron chi connectivity index (χ1n) is 30.2. The number of aliphatic hydroxyl groups is 10. The van der Waals surface area contributed by atoms with Crippen molar-refractivity contribution in [3.05, 3.63) is 110 Å². The summed E-state index contributed by atoms with van der Waals surface area (Å²) in [5, 5.41) is 264. The number of allylic oxidation sites excluding steroid dienone is 2. The predicted molar refractivity (Wildman–Crippen MR) is 332 cm³/mol. The number of carbonyl (C=O) groups is 5. The molecule has 0 saturated carbocycles. The molecule has 3 aliphatic carbocycles. The highest BCUT2D eigenvalue weighted by atomic mass is 16.5. The third-order valence-corrected chi connectivity index (χ3v) is 15.4. The minimum absolute atomic E-state index is 0.167. The summed E-state index contributed by atoms with van der Waals surface area (Å²) >= 11 is 0. The third-order valence-electron chi connectivity index (χ3n) is 15.4. The molecule has 31 heteroatoms. The molecule has 1 aliphatic heterocycles. The molecule has 0 radical (unpaired) electrons. The first-order valence-corrected chi connectivity index (χ1v) is 30.2. The van der Waals surface area contributed by atoms with Gasteiger partial charge in [-0.3, -0.25) is 9.59 Å². The lowest BCUT2D eigenvalue weighted by molar-refractivity contribution is -0.155. The van der Waals surface area contributed by atoms with E-state index in [-0.39, 0.29) is 5.56 Å². The van der Waals surface area contributed by atoms with E-state index < -0.39 is 264 Å². The van der Waals surface area contributed by atoms with Gasteiger partial charge in [-0.25, -0.2) is 14.4 Å². The molecule has 0 saturated heterocycles. The largest absolute Gasteiger partial charge is 0.508 e. The minimum atomic E-state index is -2.94. The standard InChI is InChI=1S/C52H50O31.6C2H6/c53-17-2-1-10(3-19(17)55)46-23(59)5-11-18(54)8-20(56)24(47(11)83-46)16(9-82-52(81)14-7-22(58)36(63)38(65)27(14)26-13(48(73)74)6-21(57)35(62)37(26)64)28-32(51(79)80)30(42(69)45(72)40(28)67)29-31(50(77)78)25(39(66)44(71)41(29)68)12-4-15(49(75)76)34(61)43(70)33(12)60;6*1-2/h1-4,6,8,12,14,16,22-23,27-28,30,32-34,40,43,46,53-72H,5,7,9H2,(H,73,74)(H,75,76)(H,77,78)(H,79,80);6*1-2H3/t12-,14?,16-,22+,23-,27+,28+,30-,32?,33?,34-,40+,43+,46+;;;;;;/m0....../s1. The van der Waals surface area contributed by atoms with Gasteiger partial charge in [-0.15, -0.1) is 0 Å². The second-order valence-electron chi connectivity index (χ2n) is 20.0. The van der Waals surface area contributed by atoms with Crippen LogP contribution in [0.25, 0.3) is 0 Å². The molecule has 0 bridgehead atoms. The summed E-state index contributed by atoms with van der Waals surface area (Å²) in [5.74, 6) is -48.9. The van der Waals surface area contributed by atoms with Crippen molar-refractivity contribution in [3.8, 4) is 63.2 Å². The van der Waals surface area contributed by atoms with E-state index in [1.165, 1.54) is 0 Å². The van der Waals surface area contributed by atoms with Gasteiger partial charge in [0.1, 0.15) is 59.3 Å². The number of rotatable bonds is 13. The van der Waals surface area contributed by atoms with Gasteiger partial charge in [-0.2, -0.15) is 0 Å². The second-order valence-corrected chi connectivity index (χ2v) is 20.0. The summed E-state index contributed by atoms with van der Waals surface area (Å²) in [6.07, 6.45) is -17.6. The van der Waals surface area contributed by atoms with Gasteiger partial charge in [0.05, 0.1) is 59.2 Å². The number of carboxylic acids is 4. The van der Waals surface area contributed by atoms with Crippen molar-refractivity contribution in [1.82, 2.24) is 0 Å². The summed E-state index contributed by atoms with van der Waals surface area (Å²) < 4.78 is 11.8. The number of hydrogen-bond acceptors (Lipinski definition) is 27. The van der Waals surface area contributed by atoms with Crippen LogP contribution in [0.4, 0.5) is 0 Å². The molecule has 0 aromatic heterocycles. The quantitative estimate of drug-likeness (QED) is 0.0505. The van der Waals surface area contributed by atoms with Crippen molar-refractivity contribution >= 4 is 29.8 Å². The molecule has 0 amide bonds. The van der Waals surface area contributed by atoms with Gasteiger partial charge in [-0.05, 0) is 30.2 Å². The normalized spacial score (nSPS) is 24.3. The zero-order chi connectivity index (χ0) is 73.6. The fourth-order valence-electron chi connectivity index (χ4n) is 11.5. The number of carboxylic acid groups (broad SMARTS) is 4. The number of ether oxygens (including phenoxy) is 2. The number of esters is 1. The SMILES string of the molecule is CC.CC.CC.CC.CC.CC.O=C(O)C1=C[C@@H](c2c(O)c(O)c(O)c([C@@H]3C(O)=C(O)[C@H](O)[C@H]([C@@H](COC(=O)C4C[C@@H](O)C(O)=C(O)[C@H]4c4c(C(=O)O)cc(O)c(O)c4O)c4c(O)cc(O)c5c4O[C@H](c4ccc(O)c(O)c4)[C@@H](O)C5)C3C(=O)O)c2C(=O)O)C(O)[C@@H](O)[C@H]1O. The highest BCUT2D eigenvalue weighted by Crippen LogP contribution is 2.60. The molecule has 1 heterocycles. The Bertz CT molecular complexity index is 3510. The van der Waals surface area contributed by atoms with Crippen molar-refractivity contribution in [3.63, 3.8) is 0 Å². The molecular formula is C64H86O31. The van der Waals surface area contributed by atoms with Gasteiger partial charge in [0, 0.05) is 58.1 Å². The summed E-state index contributed by atoms with van der Waals surface area (Å²) in [6.45, 7) is 22.4. The number of fused-ring (bicyclic) bond motifs is 1. The van der Waals surface area contributed by atoms with Crippen LogP contribution in [0.3, 0.4) is 0 Å². The fraction of sp³-hybridized carbons (Fsp3) is 0.453. The molecule has 95 heavy (non-hydrogen) atoms. The van der Waals surface area contributed by atoms with Crippen LogP contribution in [-0.2, 0) is 25.5 Å². The zero-order valence-corrected chi connectivity index (χ0v) is 53.8. The summed E-state index contributed by atoms with van der Waals surface area (Å²) in [6, 6.07) is 3.81. The van der Waals surface area contributed by atoms with E-state index in [2.05, 4.69) is 0 Å². The molecule has 14 atom stereocenters. The van der Waals surface area contributed by atoms with E-state index >= 15 is 0 Å². The van der Waals surface area contributed by atoms with E-state index in [1.54, 1.807) is 0 Å². The maximum Gasteiger partial charge on any atom is 0.336 e. The number of aromatic carboxylic acids is 2. The van der Waals surface area contributed by atoms with Gasteiger partial charge in [0.15, 0.2) is 46.0 Å². The lowest BCUT2D eigenvalue weighted by Crippen LogP contribution is -2.48. The van der Waals surface area contributed by atoms with Crippen molar-refractivity contribution < 1.29 is 156 Å². The van der Waals surface area contributed by atoms with Crippen LogP contribution in [-0.4, -0.2) is 196 Å². The van der Waals surface area contributed by atoms with Crippen molar-refractivity contribution in [2.24, 2.45) is 17.8 Å². The van der Waals surface area contributed by atoms with E-state index in [1.807, 2.05) is 83.1 Å². The first-order chi connectivity index (χ1) is 44.8. The molecule has 8 rings (SSSR count). The van der Waals surface area contributed by atoms with Crippen LogP contribution >= 0.6 is 0 Å². The average Bonchev–Trinajstić information content (AvgIpc) is 0.725. The lowest BCUT2D eigenvalue weighted by Gasteiger charge is -2.44. The molecule has 4 aliphatic rings. The number of phenolic OH excluding ortho intramolecular Hbond substituents is 10. The molecule has 528 valence electrons. The summed E-state index contributed by atoms with van der Waals surface area (Å²) in [7, 11) is 0. The first kappa shape index (κ1) is 81.3. The highest BCUT2D eigenvalue weighted by molar-refractivity contribution is 5.97. The second kappa shape index (κ2) is 34.4.